The van der Waals surface area contributed by atoms with Gasteiger partial charge in [0.15, 0.2) is 0 Å². The van der Waals surface area contributed by atoms with E-state index in [4.69, 9.17) is 4.74 Å². The third kappa shape index (κ3) is 6.90. The quantitative estimate of drug-likeness (QED) is 0.636. The van der Waals surface area contributed by atoms with Gasteiger partial charge < -0.3 is 15.0 Å². The molecule has 5 nitrogen and oxygen atoms in total. The fourth-order valence-electron chi connectivity index (χ4n) is 3.13. The van der Waals surface area contributed by atoms with Crippen LogP contribution in [0, 0.1) is 6.92 Å². The Labute approximate surface area is 180 Å². The summed E-state index contributed by atoms with van der Waals surface area (Å²) in [5.74, 6) is 0.610. The molecule has 0 heterocycles. The maximum atomic E-state index is 13.1. The highest BCUT2D eigenvalue weighted by molar-refractivity contribution is 5.87. The second-order valence-corrected chi connectivity index (χ2v) is 7.85. The maximum Gasteiger partial charge on any atom is 0.242 e. The Bertz CT molecular complexity index is 815. The van der Waals surface area contributed by atoms with E-state index in [1.165, 1.54) is 5.56 Å². The molecule has 0 aliphatic rings. The summed E-state index contributed by atoms with van der Waals surface area (Å²) in [6, 6.07) is 15.3. The molecule has 0 saturated carbocycles. The van der Waals surface area contributed by atoms with Crippen molar-refractivity contribution in [2.75, 3.05) is 7.11 Å². The predicted octanol–water partition coefficient (Wildman–Crippen LogP) is 4.27. The lowest BCUT2D eigenvalue weighted by Crippen LogP contribution is -2.49. The molecule has 0 aliphatic heterocycles. The first-order valence-electron chi connectivity index (χ1n) is 10.6. The molecule has 0 aromatic heterocycles. The molecule has 162 valence electrons. The molecule has 2 rings (SSSR count). The van der Waals surface area contributed by atoms with E-state index in [1.807, 2.05) is 45.0 Å². The van der Waals surface area contributed by atoms with Crippen molar-refractivity contribution in [1.82, 2.24) is 10.2 Å². The first-order valence-corrected chi connectivity index (χ1v) is 10.6. The van der Waals surface area contributed by atoms with Gasteiger partial charge in [0.05, 0.1) is 7.11 Å². The molecule has 2 atom stereocenters. The normalized spacial score (nSPS) is 12.7. The lowest BCUT2D eigenvalue weighted by Gasteiger charge is -2.30. The van der Waals surface area contributed by atoms with Crippen molar-refractivity contribution in [3.05, 3.63) is 65.2 Å². The summed E-state index contributed by atoms with van der Waals surface area (Å²) in [7, 11) is 1.62. The molecular formula is C25H34N2O3. The zero-order valence-corrected chi connectivity index (χ0v) is 18.8. The highest BCUT2D eigenvalue weighted by Gasteiger charge is 2.26. The number of nitrogens with one attached hydrogen (secondary N) is 1. The highest BCUT2D eigenvalue weighted by atomic mass is 16.5. The number of nitrogens with zero attached hydrogens (tertiary/aromatic N) is 1. The molecule has 2 aromatic carbocycles. The Morgan fingerprint density at radius 1 is 1.00 bits per heavy atom. The Kier molecular flexibility index (Phi) is 8.90. The van der Waals surface area contributed by atoms with Crippen LogP contribution in [-0.2, 0) is 22.6 Å². The fraction of sp³-hybridized carbons (Fsp3) is 0.440. The average Bonchev–Trinajstić information content (AvgIpc) is 2.76. The second kappa shape index (κ2) is 11.4. The van der Waals surface area contributed by atoms with E-state index in [9.17, 15) is 9.59 Å². The van der Waals surface area contributed by atoms with Crippen molar-refractivity contribution < 1.29 is 14.3 Å². The summed E-state index contributed by atoms with van der Waals surface area (Å²) in [5.41, 5.74) is 3.28. The number of hydrogen-bond acceptors (Lipinski definition) is 3. The largest absolute Gasteiger partial charge is 0.497 e. The van der Waals surface area contributed by atoms with E-state index in [2.05, 4.69) is 29.6 Å². The smallest absolute Gasteiger partial charge is 0.242 e. The van der Waals surface area contributed by atoms with Gasteiger partial charge in [0.1, 0.15) is 11.8 Å². The van der Waals surface area contributed by atoms with E-state index in [-0.39, 0.29) is 17.9 Å². The predicted molar refractivity (Wildman–Crippen MR) is 120 cm³/mol. The molecule has 0 fully saturated rings. The van der Waals surface area contributed by atoms with Crippen LogP contribution in [0.15, 0.2) is 48.5 Å². The van der Waals surface area contributed by atoms with Gasteiger partial charge in [0.2, 0.25) is 11.8 Å². The molecule has 0 radical (unpaired) electrons. The summed E-state index contributed by atoms with van der Waals surface area (Å²) >= 11 is 0. The molecule has 2 aromatic rings. The van der Waals surface area contributed by atoms with Gasteiger partial charge in [0.25, 0.3) is 0 Å². The Balaban J connectivity index is 2.14. The van der Waals surface area contributed by atoms with Gasteiger partial charge in [-0.15, -0.1) is 0 Å². The SMILES string of the molecule is CC[C@H](C)NC(=O)[C@@H](C)N(Cc1ccc(OC)cc1)C(=O)CCc1ccc(C)cc1. The van der Waals surface area contributed by atoms with Gasteiger partial charge in [-0.25, -0.2) is 0 Å². The lowest BCUT2D eigenvalue weighted by atomic mass is 10.1. The van der Waals surface area contributed by atoms with Crippen molar-refractivity contribution in [2.45, 2.75) is 65.6 Å². The van der Waals surface area contributed by atoms with Crippen LogP contribution in [0.4, 0.5) is 0 Å². The average molecular weight is 411 g/mol. The Morgan fingerprint density at radius 2 is 1.60 bits per heavy atom. The zero-order valence-electron chi connectivity index (χ0n) is 18.8. The molecule has 30 heavy (non-hydrogen) atoms. The van der Waals surface area contributed by atoms with E-state index in [1.54, 1.807) is 18.9 Å². The summed E-state index contributed by atoms with van der Waals surface area (Å²) in [6.07, 6.45) is 1.86. The fourth-order valence-corrected chi connectivity index (χ4v) is 3.13. The van der Waals surface area contributed by atoms with Crippen LogP contribution in [0.2, 0.25) is 0 Å². The molecule has 0 spiro atoms. The van der Waals surface area contributed by atoms with Gasteiger partial charge in [-0.3, -0.25) is 9.59 Å². The number of hydrogen-bond donors (Lipinski definition) is 1. The number of carbonyl (C=O) groups excluding carboxylic acids is 2. The van der Waals surface area contributed by atoms with Gasteiger partial charge >= 0.3 is 0 Å². The van der Waals surface area contributed by atoms with Crippen LogP contribution in [0.1, 0.15) is 50.3 Å². The third-order valence-electron chi connectivity index (χ3n) is 5.43. The number of rotatable bonds is 10. The molecule has 0 saturated heterocycles. The molecule has 5 heteroatoms. The first-order chi connectivity index (χ1) is 14.3. The second-order valence-electron chi connectivity index (χ2n) is 7.85. The van der Waals surface area contributed by atoms with Crippen molar-refractivity contribution in [2.24, 2.45) is 0 Å². The molecule has 1 N–H and O–H groups in total. The van der Waals surface area contributed by atoms with Crippen LogP contribution in [0.5, 0.6) is 5.75 Å². The summed E-state index contributed by atoms with van der Waals surface area (Å²) < 4.78 is 5.21. The number of ether oxygens (including phenoxy) is 1. The standard InChI is InChI=1S/C25H34N2O3/c1-6-19(3)26-25(29)20(4)27(17-22-11-14-23(30-5)15-12-22)24(28)16-13-21-9-7-18(2)8-10-21/h7-12,14-15,19-20H,6,13,16-17H2,1-5H3,(H,26,29)/t19-,20+/m0/s1. The molecule has 0 aliphatic carbocycles. The number of benzene rings is 2. The van der Waals surface area contributed by atoms with Crippen LogP contribution in [0.3, 0.4) is 0 Å². The first kappa shape index (κ1) is 23.5. The van der Waals surface area contributed by atoms with E-state index >= 15 is 0 Å². The van der Waals surface area contributed by atoms with Gasteiger partial charge in [-0.2, -0.15) is 0 Å². The molecular weight excluding hydrogens is 376 g/mol. The van der Waals surface area contributed by atoms with Crippen LogP contribution in [0.25, 0.3) is 0 Å². The molecule has 0 unspecified atom stereocenters. The lowest BCUT2D eigenvalue weighted by molar-refractivity contribution is -0.140. The number of methoxy groups -OCH3 is 1. The van der Waals surface area contributed by atoms with Crippen LogP contribution < -0.4 is 10.1 Å². The summed E-state index contributed by atoms with van der Waals surface area (Å²) in [5, 5.41) is 3.00. The van der Waals surface area contributed by atoms with Crippen LogP contribution in [-0.4, -0.2) is 35.9 Å². The van der Waals surface area contributed by atoms with Crippen LogP contribution >= 0.6 is 0 Å². The Hall–Kier alpha value is -2.82. The summed E-state index contributed by atoms with van der Waals surface area (Å²) in [6.45, 7) is 8.22. The van der Waals surface area contributed by atoms with Crippen molar-refractivity contribution in [3.8, 4) is 5.75 Å². The number of carbonyl (C=O) groups is 2. The van der Waals surface area contributed by atoms with Gasteiger partial charge in [-0.1, -0.05) is 48.9 Å². The van der Waals surface area contributed by atoms with Gasteiger partial charge in [0, 0.05) is 19.0 Å². The monoisotopic (exact) mass is 410 g/mol. The van der Waals surface area contributed by atoms with E-state index in [0.29, 0.717) is 19.4 Å². The zero-order chi connectivity index (χ0) is 22.1. The maximum absolute atomic E-state index is 13.1. The van der Waals surface area contributed by atoms with Crippen molar-refractivity contribution in [1.29, 1.82) is 0 Å². The van der Waals surface area contributed by atoms with Crippen molar-refractivity contribution in [3.63, 3.8) is 0 Å². The van der Waals surface area contributed by atoms with Crippen molar-refractivity contribution >= 4 is 11.8 Å². The molecule has 2 amide bonds. The number of amides is 2. The minimum absolute atomic E-state index is 0.0294. The minimum Gasteiger partial charge on any atom is -0.497 e. The van der Waals surface area contributed by atoms with E-state index in [0.717, 1.165) is 23.3 Å². The van der Waals surface area contributed by atoms with Gasteiger partial charge in [-0.05, 0) is 56.9 Å². The topological polar surface area (TPSA) is 58.6 Å². The number of aryl methyl sites for hydroxylation is 2. The minimum atomic E-state index is -0.549. The molecule has 0 bridgehead atoms. The highest BCUT2D eigenvalue weighted by Crippen LogP contribution is 2.16. The Morgan fingerprint density at radius 3 is 2.17 bits per heavy atom. The third-order valence-corrected chi connectivity index (χ3v) is 5.43. The van der Waals surface area contributed by atoms with E-state index < -0.39 is 6.04 Å². The summed E-state index contributed by atoms with van der Waals surface area (Å²) in [4.78, 5) is 27.5.